The van der Waals surface area contributed by atoms with Crippen molar-refractivity contribution in [3.63, 3.8) is 0 Å². The van der Waals surface area contributed by atoms with E-state index in [1.165, 1.54) is 61.1 Å². The maximum absolute atomic E-state index is 11.8. The minimum Gasteiger partial charge on any atom is -0.478 e. The summed E-state index contributed by atoms with van der Waals surface area (Å²) >= 11 is 2.65. The second kappa shape index (κ2) is 11.6. The van der Waals surface area contributed by atoms with Crippen LogP contribution in [0.2, 0.25) is 0 Å². The summed E-state index contributed by atoms with van der Waals surface area (Å²) in [4.78, 5) is 55.8. The van der Waals surface area contributed by atoms with Crippen LogP contribution in [0.15, 0.2) is 38.9 Å². The van der Waals surface area contributed by atoms with Crippen LogP contribution in [0.25, 0.3) is 0 Å². The maximum Gasteiger partial charge on any atom is 0.335 e. The van der Waals surface area contributed by atoms with Crippen molar-refractivity contribution in [2.75, 3.05) is 22.9 Å². The fourth-order valence-corrected chi connectivity index (χ4v) is 4.81. The number of rotatable bonds is 9. The van der Waals surface area contributed by atoms with Gasteiger partial charge in [-0.25, -0.2) is 14.8 Å². The van der Waals surface area contributed by atoms with Crippen LogP contribution >= 0.6 is 22.7 Å². The lowest BCUT2D eigenvalue weighted by Crippen LogP contribution is -2.27. The summed E-state index contributed by atoms with van der Waals surface area (Å²) in [7, 11) is 0. The molecule has 0 spiro atoms. The van der Waals surface area contributed by atoms with Gasteiger partial charge in [-0.2, -0.15) is 0 Å². The molecule has 2 heterocycles. The Labute approximate surface area is 210 Å². The number of carboxylic acid groups (broad SMARTS) is 1. The molecule has 12 heteroatoms. The van der Waals surface area contributed by atoms with E-state index in [0.29, 0.717) is 46.1 Å². The van der Waals surface area contributed by atoms with Gasteiger partial charge in [0.15, 0.2) is 10.3 Å². The smallest absolute Gasteiger partial charge is 0.335 e. The number of anilines is 2. The van der Waals surface area contributed by atoms with Crippen LogP contribution in [0.3, 0.4) is 0 Å². The molecule has 0 saturated carbocycles. The van der Waals surface area contributed by atoms with Gasteiger partial charge in [-0.05, 0) is 32.0 Å². The van der Waals surface area contributed by atoms with Gasteiger partial charge in [-0.1, -0.05) is 0 Å². The molecule has 2 amide bonds. The molecule has 0 unspecified atom stereocenters. The second-order valence-electron chi connectivity index (χ2n) is 7.16. The van der Waals surface area contributed by atoms with Gasteiger partial charge in [0.05, 0.1) is 40.8 Å². The van der Waals surface area contributed by atoms with Crippen molar-refractivity contribution in [2.24, 2.45) is 9.98 Å². The topological polar surface area (TPSA) is 128 Å². The van der Waals surface area contributed by atoms with Crippen LogP contribution in [-0.4, -0.2) is 58.4 Å². The molecule has 3 aromatic rings. The predicted octanol–water partition coefficient (Wildman–Crippen LogP) is 4.54. The Bertz CT molecular complexity index is 1300. The molecule has 182 valence electrons. The molecule has 0 aliphatic rings. The highest BCUT2D eigenvalue weighted by Crippen LogP contribution is 2.30. The number of hydrogen-bond donors (Lipinski definition) is 1. The highest BCUT2D eigenvalue weighted by Gasteiger charge is 2.14. The molecule has 0 atom stereocenters. The van der Waals surface area contributed by atoms with E-state index in [1.54, 1.807) is 26.6 Å². The number of benzene rings is 1. The van der Waals surface area contributed by atoms with E-state index in [9.17, 15) is 19.5 Å². The number of nitrogens with zero attached hydrogens (tertiary/aromatic N) is 6. The summed E-state index contributed by atoms with van der Waals surface area (Å²) in [6.07, 6.45) is 3.04. The second-order valence-corrected chi connectivity index (χ2v) is 8.83. The zero-order chi connectivity index (χ0) is 25.5. The van der Waals surface area contributed by atoms with Crippen molar-refractivity contribution in [1.29, 1.82) is 0 Å². The third-order valence-corrected chi connectivity index (χ3v) is 6.53. The van der Waals surface area contributed by atoms with E-state index in [-0.39, 0.29) is 17.4 Å². The molecule has 0 aliphatic carbocycles. The largest absolute Gasteiger partial charge is 0.478 e. The third-order valence-electron chi connectivity index (χ3n) is 4.77. The Kier molecular flexibility index (Phi) is 8.55. The van der Waals surface area contributed by atoms with Crippen LogP contribution in [0.4, 0.5) is 21.6 Å². The number of carbonyl (C=O) groups is 3. The maximum atomic E-state index is 11.8. The molecule has 10 nitrogen and oxygen atoms in total. The first-order valence-electron chi connectivity index (χ1n) is 10.7. The van der Waals surface area contributed by atoms with E-state index in [2.05, 4.69) is 20.0 Å². The van der Waals surface area contributed by atoms with E-state index >= 15 is 0 Å². The van der Waals surface area contributed by atoms with Crippen LogP contribution < -0.4 is 9.80 Å². The molecular weight excluding hydrogens is 488 g/mol. The Morgan fingerprint density at radius 2 is 1.37 bits per heavy atom. The Balaban J connectivity index is 1.89. The number of aromatic nitrogens is 2. The average Bonchev–Trinajstić information content (AvgIpc) is 3.47. The standard InChI is InChI=1S/C23H24N6O4S2/c1-5-28(14(3)30)22-26-17(12-34-22)10-24-19-8-7-16(21(32)33)9-20(19)25-11-18-13-35-23(27-18)29(6-2)15(4)31/h7-13H,5-6H2,1-4H3,(H,32,33). The average molecular weight is 513 g/mol. The van der Waals surface area contributed by atoms with Gasteiger partial charge in [0, 0.05) is 37.7 Å². The van der Waals surface area contributed by atoms with E-state index in [1.807, 2.05) is 13.8 Å². The minimum absolute atomic E-state index is 0.0693. The van der Waals surface area contributed by atoms with Crippen LogP contribution in [0.1, 0.15) is 49.4 Å². The SMILES string of the molecule is CCN(C(C)=O)c1nc(C=Nc2ccc(C(=O)O)cc2N=Cc2csc(N(CC)C(C)=O)n2)cs1. The summed E-state index contributed by atoms with van der Waals surface area (Å²) in [6.45, 7) is 7.71. The molecule has 3 rings (SSSR count). The predicted molar refractivity (Wildman–Crippen MR) is 140 cm³/mol. The van der Waals surface area contributed by atoms with Gasteiger partial charge in [-0.15, -0.1) is 22.7 Å². The Hall–Kier alpha value is -3.77. The van der Waals surface area contributed by atoms with Crippen molar-refractivity contribution in [3.8, 4) is 0 Å². The summed E-state index contributed by atoms with van der Waals surface area (Å²) in [6, 6.07) is 4.44. The molecule has 0 radical (unpaired) electrons. The van der Waals surface area contributed by atoms with E-state index in [0.717, 1.165) is 0 Å². The van der Waals surface area contributed by atoms with Gasteiger partial charge in [0.25, 0.3) is 0 Å². The summed E-state index contributed by atoms with van der Waals surface area (Å²) in [5, 5.41) is 14.1. The van der Waals surface area contributed by atoms with E-state index in [4.69, 9.17) is 0 Å². The van der Waals surface area contributed by atoms with Gasteiger partial charge in [0.2, 0.25) is 11.8 Å². The molecule has 2 aromatic heterocycles. The van der Waals surface area contributed by atoms with Gasteiger partial charge >= 0.3 is 5.97 Å². The number of aromatic carboxylic acids is 1. The number of thiazole rings is 2. The molecular formula is C23H24N6O4S2. The minimum atomic E-state index is -1.08. The van der Waals surface area contributed by atoms with Crippen molar-refractivity contribution >= 4 is 74.5 Å². The fourth-order valence-electron chi connectivity index (χ4n) is 3.04. The Morgan fingerprint density at radius 1 is 0.886 bits per heavy atom. The van der Waals surface area contributed by atoms with E-state index < -0.39 is 5.97 Å². The van der Waals surface area contributed by atoms with Crippen LogP contribution in [-0.2, 0) is 9.59 Å². The number of aliphatic imine (C=N–C) groups is 2. The monoisotopic (exact) mass is 512 g/mol. The molecule has 0 bridgehead atoms. The first-order chi connectivity index (χ1) is 16.7. The lowest BCUT2D eigenvalue weighted by molar-refractivity contribution is -0.117. The summed E-state index contributed by atoms with van der Waals surface area (Å²) in [5.41, 5.74) is 1.95. The molecule has 0 fully saturated rings. The number of carbonyl (C=O) groups excluding carboxylic acids is 2. The normalized spacial score (nSPS) is 11.3. The van der Waals surface area contributed by atoms with Crippen LogP contribution in [0.5, 0.6) is 0 Å². The van der Waals surface area contributed by atoms with Gasteiger partial charge in [-0.3, -0.25) is 29.4 Å². The zero-order valence-corrected chi connectivity index (χ0v) is 21.3. The van der Waals surface area contributed by atoms with Crippen molar-refractivity contribution in [3.05, 3.63) is 45.9 Å². The lowest BCUT2D eigenvalue weighted by Gasteiger charge is -2.14. The van der Waals surface area contributed by atoms with Gasteiger partial charge < -0.3 is 5.11 Å². The van der Waals surface area contributed by atoms with Gasteiger partial charge in [0.1, 0.15) is 0 Å². The summed E-state index contributed by atoms with van der Waals surface area (Å²) in [5.74, 6) is -1.28. The number of hydrogen-bond acceptors (Lipinski definition) is 9. The zero-order valence-electron chi connectivity index (χ0n) is 19.6. The third kappa shape index (κ3) is 6.43. The first kappa shape index (κ1) is 25.8. The van der Waals surface area contributed by atoms with Crippen molar-refractivity contribution in [2.45, 2.75) is 27.7 Å². The number of amides is 2. The molecule has 0 saturated heterocycles. The fraction of sp³-hybridized carbons (Fsp3) is 0.261. The highest BCUT2D eigenvalue weighted by molar-refractivity contribution is 7.14. The molecule has 1 N–H and O–H groups in total. The quantitative estimate of drug-likeness (QED) is 0.419. The van der Waals surface area contributed by atoms with Crippen molar-refractivity contribution in [1.82, 2.24) is 9.97 Å². The molecule has 35 heavy (non-hydrogen) atoms. The molecule has 1 aromatic carbocycles. The van der Waals surface area contributed by atoms with Crippen LogP contribution in [0, 0.1) is 0 Å². The summed E-state index contributed by atoms with van der Waals surface area (Å²) < 4.78 is 0. The lowest BCUT2D eigenvalue weighted by atomic mass is 10.2. The number of carboxylic acids is 1. The first-order valence-corrected chi connectivity index (χ1v) is 12.4. The highest BCUT2D eigenvalue weighted by atomic mass is 32.1. The Morgan fingerprint density at radius 3 is 1.80 bits per heavy atom. The molecule has 0 aliphatic heterocycles. The van der Waals surface area contributed by atoms with Crippen molar-refractivity contribution < 1.29 is 19.5 Å².